The third kappa shape index (κ3) is 6.86. The Kier molecular flexibility index (Phi) is 10.1. The first-order chi connectivity index (χ1) is 12.9. The van der Waals surface area contributed by atoms with Gasteiger partial charge in [0.15, 0.2) is 23.4 Å². The molecule has 5 nitrogen and oxygen atoms in total. The normalized spacial score (nSPS) is 10.8. The molecule has 0 saturated carbocycles. The zero-order chi connectivity index (χ0) is 19.8. The number of hydrogen-bond acceptors (Lipinski definition) is 2. The first kappa shape index (κ1) is 24.0. The average Bonchev–Trinajstić information content (AvgIpc) is 2.65. The molecule has 10 heteroatoms. The lowest BCUT2D eigenvalue weighted by molar-refractivity contribution is -0.115. The fraction of sp³-hybridized carbons (Fsp3) is 0.222. The van der Waals surface area contributed by atoms with Gasteiger partial charge in [-0.25, -0.2) is 18.2 Å². The van der Waals surface area contributed by atoms with Gasteiger partial charge in [-0.05, 0) is 30.7 Å². The van der Waals surface area contributed by atoms with Gasteiger partial charge in [0.25, 0.3) is 0 Å². The fourth-order valence-electron chi connectivity index (χ4n) is 2.11. The molecule has 152 valence electrons. The summed E-state index contributed by atoms with van der Waals surface area (Å²) in [6.07, 6.45) is 0. The second-order valence-electron chi connectivity index (χ2n) is 5.41. The van der Waals surface area contributed by atoms with Gasteiger partial charge in [-0.3, -0.25) is 4.79 Å². The van der Waals surface area contributed by atoms with Crippen LogP contribution in [0.4, 0.5) is 18.9 Å². The molecule has 0 unspecified atom stereocenters. The van der Waals surface area contributed by atoms with E-state index in [1.807, 2.05) is 19.1 Å². The van der Waals surface area contributed by atoms with E-state index < -0.39 is 29.0 Å². The number of nitrogens with zero attached hydrogens (tertiary/aromatic N) is 1. The highest BCUT2D eigenvalue weighted by Gasteiger charge is 2.15. The lowest BCUT2D eigenvalue weighted by Gasteiger charge is -2.12. The smallest absolute Gasteiger partial charge is 0.243 e. The number of carbonyl (C=O) groups is 1. The van der Waals surface area contributed by atoms with Gasteiger partial charge in [0, 0.05) is 11.6 Å². The lowest BCUT2D eigenvalue weighted by Crippen LogP contribution is -2.41. The van der Waals surface area contributed by atoms with E-state index in [2.05, 4.69) is 20.9 Å². The predicted octanol–water partition coefficient (Wildman–Crippen LogP) is 4.07. The maximum atomic E-state index is 13.6. The number of hydrogen-bond donors (Lipinski definition) is 3. The van der Waals surface area contributed by atoms with Crippen LogP contribution in [0.2, 0.25) is 5.02 Å². The van der Waals surface area contributed by atoms with Crippen molar-refractivity contribution in [2.75, 3.05) is 18.4 Å². The molecule has 3 N–H and O–H groups in total. The molecule has 0 aliphatic carbocycles. The standard InChI is InChI=1S/C18H18ClF3N4O.HI/c1-2-23-18(24-9-11-5-3-4-6-12(11)19)25-10-15(27)26-14-8-7-13(20)16(21)17(14)22;/h3-8H,2,9-10H2,1H3,(H,26,27)(H2,23,24,25);1H. The van der Waals surface area contributed by atoms with E-state index in [9.17, 15) is 18.0 Å². The molecule has 0 aliphatic rings. The molecule has 2 aromatic carbocycles. The second kappa shape index (κ2) is 11.7. The highest BCUT2D eigenvalue weighted by Crippen LogP contribution is 2.19. The molecule has 0 fully saturated rings. The quantitative estimate of drug-likeness (QED) is 0.230. The summed E-state index contributed by atoms with van der Waals surface area (Å²) in [5.74, 6) is -4.73. The molecule has 0 spiro atoms. The Labute approximate surface area is 182 Å². The zero-order valence-corrected chi connectivity index (χ0v) is 17.9. The van der Waals surface area contributed by atoms with Gasteiger partial charge < -0.3 is 16.0 Å². The van der Waals surface area contributed by atoms with Crippen molar-refractivity contribution in [3.8, 4) is 0 Å². The van der Waals surface area contributed by atoms with Gasteiger partial charge in [-0.1, -0.05) is 29.8 Å². The van der Waals surface area contributed by atoms with Crippen LogP contribution < -0.4 is 16.0 Å². The molecule has 0 bridgehead atoms. The average molecular weight is 527 g/mol. The first-order valence-corrected chi connectivity index (χ1v) is 8.49. The summed E-state index contributed by atoms with van der Waals surface area (Å²) < 4.78 is 39.7. The lowest BCUT2D eigenvalue weighted by atomic mass is 10.2. The molecule has 0 atom stereocenters. The zero-order valence-electron chi connectivity index (χ0n) is 14.9. The maximum Gasteiger partial charge on any atom is 0.243 e. The molecule has 0 radical (unpaired) electrons. The van der Waals surface area contributed by atoms with Crippen molar-refractivity contribution >= 4 is 53.1 Å². The van der Waals surface area contributed by atoms with E-state index in [-0.39, 0.29) is 37.1 Å². The Bertz CT molecular complexity index is 852. The van der Waals surface area contributed by atoms with Crippen LogP contribution in [0.5, 0.6) is 0 Å². The molecule has 1 amide bonds. The highest BCUT2D eigenvalue weighted by molar-refractivity contribution is 14.0. The Balaban J connectivity index is 0.00000392. The summed E-state index contributed by atoms with van der Waals surface area (Å²) >= 11 is 6.07. The molecule has 2 rings (SSSR count). The second-order valence-corrected chi connectivity index (χ2v) is 5.82. The minimum absolute atomic E-state index is 0. The van der Waals surface area contributed by atoms with E-state index >= 15 is 0 Å². The third-order valence-corrected chi connectivity index (χ3v) is 3.80. The predicted molar refractivity (Wildman–Crippen MR) is 115 cm³/mol. The number of nitrogens with one attached hydrogen (secondary N) is 3. The summed E-state index contributed by atoms with van der Waals surface area (Å²) in [4.78, 5) is 16.3. The van der Waals surface area contributed by atoms with E-state index in [0.717, 1.165) is 17.7 Å². The number of carbonyl (C=O) groups excluding carboxylic acids is 1. The largest absolute Gasteiger partial charge is 0.357 e. The monoisotopic (exact) mass is 526 g/mol. The SMILES string of the molecule is CCNC(=NCc1ccccc1Cl)NCC(=O)Nc1ccc(F)c(F)c1F.I. The molecule has 0 aromatic heterocycles. The van der Waals surface area contributed by atoms with Crippen LogP contribution in [0.15, 0.2) is 41.4 Å². The topological polar surface area (TPSA) is 65.5 Å². The van der Waals surface area contributed by atoms with Crippen LogP contribution in [-0.2, 0) is 11.3 Å². The molecule has 2 aromatic rings. The van der Waals surface area contributed by atoms with Crippen LogP contribution in [0, 0.1) is 17.5 Å². The fourth-order valence-corrected chi connectivity index (χ4v) is 2.31. The Morgan fingerprint density at radius 2 is 1.79 bits per heavy atom. The van der Waals surface area contributed by atoms with E-state index in [1.54, 1.807) is 12.1 Å². The molecule has 0 saturated heterocycles. The summed E-state index contributed by atoms with van der Waals surface area (Å²) in [5.41, 5.74) is 0.364. The van der Waals surface area contributed by atoms with E-state index in [0.29, 0.717) is 17.5 Å². The maximum absolute atomic E-state index is 13.6. The molecular formula is C18H19ClF3IN4O. The van der Waals surface area contributed by atoms with Crippen molar-refractivity contribution in [2.45, 2.75) is 13.5 Å². The minimum atomic E-state index is -1.64. The van der Waals surface area contributed by atoms with Crippen LogP contribution in [0.3, 0.4) is 0 Å². The van der Waals surface area contributed by atoms with E-state index in [4.69, 9.17) is 11.6 Å². The van der Waals surface area contributed by atoms with Crippen molar-refractivity contribution < 1.29 is 18.0 Å². The van der Waals surface area contributed by atoms with Gasteiger partial charge in [0.2, 0.25) is 5.91 Å². The molecular weight excluding hydrogens is 508 g/mol. The number of guanidine groups is 1. The first-order valence-electron chi connectivity index (χ1n) is 8.11. The van der Waals surface area contributed by atoms with Gasteiger partial charge in [-0.2, -0.15) is 0 Å². The van der Waals surface area contributed by atoms with Crippen molar-refractivity contribution in [3.63, 3.8) is 0 Å². The van der Waals surface area contributed by atoms with Crippen LogP contribution in [0.1, 0.15) is 12.5 Å². The third-order valence-electron chi connectivity index (χ3n) is 3.44. The number of halogens is 5. The van der Waals surface area contributed by atoms with Crippen molar-refractivity contribution in [2.24, 2.45) is 4.99 Å². The molecule has 28 heavy (non-hydrogen) atoms. The molecule has 0 aliphatic heterocycles. The minimum Gasteiger partial charge on any atom is -0.357 e. The van der Waals surface area contributed by atoms with Crippen molar-refractivity contribution in [1.29, 1.82) is 0 Å². The summed E-state index contributed by atoms with van der Waals surface area (Å²) in [6, 6.07) is 8.89. The summed E-state index contributed by atoms with van der Waals surface area (Å²) in [5, 5.41) is 8.47. The van der Waals surface area contributed by atoms with Gasteiger partial charge >= 0.3 is 0 Å². The number of anilines is 1. The van der Waals surface area contributed by atoms with Gasteiger partial charge in [-0.15, -0.1) is 24.0 Å². The van der Waals surface area contributed by atoms with Gasteiger partial charge in [0.05, 0.1) is 18.8 Å². The summed E-state index contributed by atoms with van der Waals surface area (Å²) in [7, 11) is 0. The van der Waals surface area contributed by atoms with Crippen LogP contribution >= 0.6 is 35.6 Å². The van der Waals surface area contributed by atoms with Crippen LogP contribution in [-0.4, -0.2) is 25.0 Å². The van der Waals surface area contributed by atoms with Crippen LogP contribution in [0.25, 0.3) is 0 Å². The Hall–Kier alpha value is -2.01. The van der Waals surface area contributed by atoms with Crippen molar-refractivity contribution in [3.05, 3.63) is 64.4 Å². The Morgan fingerprint density at radius 1 is 1.07 bits per heavy atom. The number of aliphatic imine (C=N–C) groups is 1. The number of rotatable bonds is 6. The van der Waals surface area contributed by atoms with Gasteiger partial charge in [0.1, 0.15) is 0 Å². The molecule has 0 heterocycles. The Morgan fingerprint density at radius 3 is 2.46 bits per heavy atom. The highest BCUT2D eigenvalue weighted by atomic mass is 127. The number of benzene rings is 2. The van der Waals surface area contributed by atoms with Crippen molar-refractivity contribution in [1.82, 2.24) is 10.6 Å². The number of amides is 1. The van der Waals surface area contributed by atoms with E-state index in [1.165, 1.54) is 0 Å². The summed E-state index contributed by atoms with van der Waals surface area (Å²) in [6.45, 7) is 2.43.